The number of nitrogens with two attached hydrogens (primary N) is 1. The second-order valence-electron chi connectivity index (χ2n) is 2.38. The summed E-state index contributed by atoms with van der Waals surface area (Å²) in [5, 5.41) is 0. The van der Waals surface area contributed by atoms with Crippen molar-refractivity contribution in [3.05, 3.63) is 0 Å². The second-order valence-corrected chi connectivity index (χ2v) is 2.38. The quantitative estimate of drug-likeness (QED) is 0.491. The van der Waals surface area contributed by atoms with E-state index < -0.39 is 0 Å². The van der Waals surface area contributed by atoms with Crippen LogP contribution in [0.25, 0.3) is 0 Å². The summed E-state index contributed by atoms with van der Waals surface area (Å²) >= 11 is 0. The van der Waals surface area contributed by atoms with E-state index in [0.717, 1.165) is 6.42 Å². The largest absolute Gasteiger partial charge is 0.358 e. The third kappa shape index (κ3) is 2.62. The molecule has 1 aliphatic rings. The highest BCUT2D eigenvalue weighted by molar-refractivity contribution is 4.54. The molecule has 0 aromatic rings. The molecule has 0 saturated carbocycles. The monoisotopic (exact) mass is 147 g/mol. The summed E-state index contributed by atoms with van der Waals surface area (Å²) in [7, 11) is 0. The lowest BCUT2D eigenvalue weighted by atomic mass is 10.3. The van der Waals surface area contributed by atoms with Crippen LogP contribution in [0.3, 0.4) is 0 Å². The minimum atomic E-state index is -0.352. The van der Waals surface area contributed by atoms with Gasteiger partial charge in [-0.05, 0) is 13.3 Å². The van der Waals surface area contributed by atoms with Crippen LogP contribution in [0, 0.1) is 0 Å². The first kappa shape index (κ1) is 7.94. The molecule has 0 bridgehead atoms. The zero-order chi connectivity index (χ0) is 7.40. The Balaban J connectivity index is 2.25. The van der Waals surface area contributed by atoms with Gasteiger partial charge < -0.3 is 10.5 Å². The van der Waals surface area contributed by atoms with E-state index in [1.807, 2.05) is 6.92 Å². The van der Waals surface area contributed by atoms with Gasteiger partial charge in [0.25, 0.3) is 0 Å². The maximum absolute atomic E-state index is 5.47. The lowest BCUT2D eigenvalue weighted by molar-refractivity contribution is -0.322. The van der Waals surface area contributed by atoms with Gasteiger partial charge in [0.2, 0.25) is 0 Å². The Morgan fingerprint density at radius 1 is 1.40 bits per heavy atom. The first-order valence-corrected chi connectivity index (χ1v) is 3.44. The molecule has 0 aromatic carbocycles. The summed E-state index contributed by atoms with van der Waals surface area (Å²) < 4.78 is 5.26. The number of hydrogen-bond donors (Lipinski definition) is 1. The molecule has 1 fully saturated rings. The highest BCUT2D eigenvalue weighted by Crippen LogP contribution is 2.03. The summed E-state index contributed by atoms with van der Waals surface area (Å²) in [6.45, 7) is 2.85. The summed E-state index contributed by atoms with van der Waals surface area (Å²) in [4.78, 5) is 9.44. The fourth-order valence-electron chi connectivity index (χ4n) is 0.794. The van der Waals surface area contributed by atoms with E-state index in [-0.39, 0.29) is 12.3 Å². The average molecular weight is 147 g/mol. The van der Waals surface area contributed by atoms with E-state index >= 15 is 0 Å². The fraction of sp³-hybridized carbons (Fsp3) is 1.00. The van der Waals surface area contributed by atoms with Gasteiger partial charge in [-0.3, -0.25) is 0 Å². The molecule has 10 heavy (non-hydrogen) atoms. The molecule has 2 N–H and O–H groups in total. The van der Waals surface area contributed by atoms with Crippen LogP contribution in [-0.2, 0) is 14.5 Å². The van der Waals surface area contributed by atoms with Crippen molar-refractivity contribution in [2.24, 2.45) is 5.73 Å². The molecule has 4 nitrogen and oxygen atoms in total. The Morgan fingerprint density at radius 2 is 2.20 bits per heavy atom. The highest BCUT2D eigenvalue weighted by atomic mass is 17.2. The van der Waals surface area contributed by atoms with Crippen molar-refractivity contribution in [3.63, 3.8) is 0 Å². The molecule has 60 valence electrons. The van der Waals surface area contributed by atoms with Crippen molar-refractivity contribution < 1.29 is 14.5 Å². The topological polar surface area (TPSA) is 53.7 Å². The summed E-state index contributed by atoms with van der Waals surface area (Å²) in [5.74, 6) is 0. The fourth-order valence-corrected chi connectivity index (χ4v) is 0.794. The zero-order valence-corrected chi connectivity index (χ0v) is 6.08. The normalized spacial score (nSPS) is 36.6. The zero-order valence-electron chi connectivity index (χ0n) is 6.08. The van der Waals surface area contributed by atoms with Gasteiger partial charge in [-0.15, -0.1) is 0 Å². The Hall–Kier alpha value is -0.160. The maximum atomic E-state index is 5.47. The van der Waals surface area contributed by atoms with E-state index in [2.05, 4.69) is 4.89 Å². The molecular formula is C6H13NO3. The van der Waals surface area contributed by atoms with Gasteiger partial charge in [-0.2, -0.15) is 0 Å². The number of hydrogen-bond acceptors (Lipinski definition) is 4. The number of rotatable bonds is 0. The van der Waals surface area contributed by atoms with Crippen LogP contribution in [0.4, 0.5) is 0 Å². The standard InChI is InChI=1S/C6H13NO3/c1-5-2-3-8-9-4-6(7)10-5/h5-6H,2-4,7H2,1H3. The third-order valence-corrected chi connectivity index (χ3v) is 1.33. The predicted molar refractivity (Wildman–Crippen MR) is 35.0 cm³/mol. The molecule has 0 amide bonds. The van der Waals surface area contributed by atoms with E-state index in [9.17, 15) is 0 Å². The van der Waals surface area contributed by atoms with Crippen LogP contribution < -0.4 is 5.73 Å². The molecule has 1 heterocycles. The molecule has 1 saturated heterocycles. The third-order valence-electron chi connectivity index (χ3n) is 1.33. The minimum absolute atomic E-state index is 0.166. The summed E-state index contributed by atoms with van der Waals surface area (Å²) in [5.41, 5.74) is 5.47. The van der Waals surface area contributed by atoms with Gasteiger partial charge in [0.1, 0.15) is 12.8 Å². The van der Waals surface area contributed by atoms with Crippen molar-refractivity contribution in [1.29, 1.82) is 0 Å². The van der Waals surface area contributed by atoms with Crippen molar-refractivity contribution in [2.45, 2.75) is 25.7 Å². The Bertz CT molecular complexity index is 89.0. The Labute approximate surface area is 60.2 Å². The van der Waals surface area contributed by atoms with E-state index in [1.165, 1.54) is 0 Å². The first-order chi connectivity index (χ1) is 4.79. The molecule has 1 rings (SSSR count). The smallest absolute Gasteiger partial charge is 0.132 e. The van der Waals surface area contributed by atoms with Gasteiger partial charge in [-0.1, -0.05) is 0 Å². The SMILES string of the molecule is CC1CCOOCC(N)O1. The molecule has 4 heteroatoms. The van der Waals surface area contributed by atoms with Crippen LogP contribution in [0.5, 0.6) is 0 Å². The molecular weight excluding hydrogens is 134 g/mol. The average Bonchev–Trinajstić information content (AvgIpc) is 1.83. The van der Waals surface area contributed by atoms with Gasteiger partial charge in [0, 0.05) is 0 Å². The van der Waals surface area contributed by atoms with Gasteiger partial charge in [-0.25, -0.2) is 9.78 Å². The van der Waals surface area contributed by atoms with Gasteiger partial charge >= 0.3 is 0 Å². The highest BCUT2D eigenvalue weighted by Gasteiger charge is 2.12. The van der Waals surface area contributed by atoms with Gasteiger partial charge in [0.15, 0.2) is 0 Å². The van der Waals surface area contributed by atoms with Crippen LogP contribution in [0.1, 0.15) is 13.3 Å². The molecule has 0 radical (unpaired) electrons. The Morgan fingerprint density at radius 3 is 3.00 bits per heavy atom. The van der Waals surface area contributed by atoms with Crippen LogP contribution >= 0.6 is 0 Å². The van der Waals surface area contributed by atoms with Crippen molar-refractivity contribution in [1.82, 2.24) is 0 Å². The van der Waals surface area contributed by atoms with Crippen LogP contribution in [0.2, 0.25) is 0 Å². The molecule has 0 aliphatic carbocycles. The maximum Gasteiger partial charge on any atom is 0.132 e. The number of ether oxygens (including phenoxy) is 1. The van der Waals surface area contributed by atoms with Crippen molar-refractivity contribution in [3.8, 4) is 0 Å². The molecule has 2 unspecified atom stereocenters. The lowest BCUT2D eigenvalue weighted by Crippen LogP contribution is -2.35. The second kappa shape index (κ2) is 3.88. The van der Waals surface area contributed by atoms with E-state index in [0.29, 0.717) is 13.2 Å². The van der Waals surface area contributed by atoms with Crippen molar-refractivity contribution in [2.75, 3.05) is 13.2 Å². The lowest BCUT2D eigenvalue weighted by Gasteiger charge is -2.21. The van der Waals surface area contributed by atoms with E-state index in [4.69, 9.17) is 15.4 Å². The van der Waals surface area contributed by atoms with Crippen molar-refractivity contribution >= 4 is 0 Å². The molecule has 0 spiro atoms. The predicted octanol–water partition coefficient (Wildman–Crippen LogP) is 0.0282. The summed E-state index contributed by atoms with van der Waals surface area (Å²) in [6.07, 6.45) is 0.641. The molecule has 2 atom stereocenters. The van der Waals surface area contributed by atoms with Crippen LogP contribution in [0.15, 0.2) is 0 Å². The minimum Gasteiger partial charge on any atom is -0.358 e. The van der Waals surface area contributed by atoms with E-state index in [1.54, 1.807) is 0 Å². The van der Waals surface area contributed by atoms with Gasteiger partial charge in [0.05, 0.1) is 12.7 Å². The first-order valence-electron chi connectivity index (χ1n) is 3.44. The molecule has 1 aliphatic heterocycles. The Kier molecular flexibility index (Phi) is 3.08. The molecule has 0 aromatic heterocycles. The summed E-state index contributed by atoms with van der Waals surface area (Å²) in [6, 6.07) is 0. The van der Waals surface area contributed by atoms with Crippen LogP contribution in [-0.4, -0.2) is 25.5 Å².